The Hall–Kier alpha value is -0.0800. The van der Waals surface area contributed by atoms with Gasteiger partial charge in [-0.1, -0.05) is 13.8 Å². The van der Waals surface area contributed by atoms with Crippen LogP contribution in [-0.2, 0) is 0 Å². The van der Waals surface area contributed by atoms with Gasteiger partial charge in [-0.05, 0) is 25.2 Å². The lowest BCUT2D eigenvalue weighted by Gasteiger charge is -2.19. The Bertz CT molecular complexity index is 110. The molecule has 0 aromatic carbocycles. The Morgan fingerprint density at radius 3 is 2.45 bits per heavy atom. The van der Waals surface area contributed by atoms with E-state index in [1.165, 1.54) is 12.8 Å². The van der Waals surface area contributed by atoms with Gasteiger partial charge in [-0.2, -0.15) is 0 Å². The molecule has 0 heterocycles. The van der Waals surface area contributed by atoms with Crippen LogP contribution in [0.2, 0.25) is 0 Å². The molecular formula is C9H19NO. The summed E-state index contributed by atoms with van der Waals surface area (Å²) in [6.07, 6.45) is 3.62. The summed E-state index contributed by atoms with van der Waals surface area (Å²) in [5, 5.41) is 12.3. The predicted octanol–water partition coefficient (Wildman–Crippen LogP) is 1.15. The zero-order chi connectivity index (χ0) is 8.27. The second kappa shape index (κ2) is 4.07. The van der Waals surface area contributed by atoms with Crippen LogP contribution in [0.3, 0.4) is 0 Å². The lowest BCUT2D eigenvalue weighted by Crippen LogP contribution is -2.37. The third-order valence-corrected chi connectivity index (χ3v) is 2.18. The number of nitrogens with one attached hydrogen (secondary N) is 1. The highest BCUT2D eigenvalue weighted by Gasteiger charge is 2.30. The lowest BCUT2D eigenvalue weighted by molar-refractivity contribution is 0.251. The average molecular weight is 157 g/mol. The zero-order valence-corrected chi connectivity index (χ0v) is 7.51. The highest BCUT2D eigenvalue weighted by molar-refractivity contribution is 4.86. The van der Waals surface area contributed by atoms with Gasteiger partial charge in [-0.25, -0.2) is 0 Å². The van der Waals surface area contributed by atoms with Crippen LogP contribution in [0.5, 0.6) is 0 Å². The molecule has 0 amide bonds. The van der Waals surface area contributed by atoms with Crippen LogP contribution in [0.4, 0.5) is 0 Å². The highest BCUT2D eigenvalue weighted by Crippen LogP contribution is 2.33. The van der Waals surface area contributed by atoms with E-state index in [0.717, 1.165) is 12.3 Å². The maximum Gasteiger partial charge on any atom is 0.0445 e. The predicted molar refractivity (Wildman–Crippen MR) is 46.5 cm³/mol. The third kappa shape index (κ3) is 3.21. The lowest BCUT2D eigenvalue weighted by atomic mass is 10.1. The van der Waals surface area contributed by atoms with Crippen molar-refractivity contribution in [3.63, 3.8) is 0 Å². The number of rotatable bonds is 5. The van der Waals surface area contributed by atoms with Gasteiger partial charge in [0.2, 0.25) is 0 Å². The standard InChI is InChI=1S/C9H19NO/c1-7(2)10-9(5-6-11)8-3-4-8/h7-11H,3-6H2,1-2H3. The van der Waals surface area contributed by atoms with Crippen molar-refractivity contribution >= 4 is 0 Å². The Kier molecular flexibility index (Phi) is 3.34. The molecular weight excluding hydrogens is 138 g/mol. The van der Waals surface area contributed by atoms with Gasteiger partial charge in [0, 0.05) is 18.7 Å². The van der Waals surface area contributed by atoms with E-state index in [9.17, 15) is 0 Å². The fraction of sp³-hybridized carbons (Fsp3) is 1.00. The van der Waals surface area contributed by atoms with Crippen molar-refractivity contribution in [1.29, 1.82) is 0 Å². The summed E-state index contributed by atoms with van der Waals surface area (Å²) in [6.45, 7) is 4.64. The van der Waals surface area contributed by atoms with E-state index in [2.05, 4.69) is 19.2 Å². The first-order valence-electron chi connectivity index (χ1n) is 4.61. The van der Waals surface area contributed by atoms with E-state index < -0.39 is 0 Å². The van der Waals surface area contributed by atoms with Gasteiger partial charge in [-0.3, -0.25) is 0 Å². The molecule has 1 fully saturated rings. The smallest absolute Gasteiger partial charge is 0.0445 e. The molecule has 2 heteroatoms. The Labute approximate surface area is 69.0 Å². The Balaban J connectivity index is 2.20. The van der Waals surface area contributed by atoms with Gasteiger partial charge in [0.15, 0.2) is 0 Å². The molecule has 1 rings (SSSR count). The van der Waals surface area contributed by atoms with Gasteiger partial charge in [0.05, 0.1) is 0 Å². The van der Waals surface area contributed by atoms with Crippen LogP contribution in [0.15, 0.2) is 0 Å². The first-order chi connectivity index (χ1) is 5.24. The van der Waals surface area contributed by atoms with Crippen LogP contribution < -0.4 is 5.32 Å². The molecule has 1 unspecified atom stereocenters. The summed E-state index contributed by atoms with van der Waals surface area (Å²) in [5.74, 6) is 0.851. The van der Waals surface area contributed by atoms with E-state index in [1.807, 2.05) is 0 Å². The summed E-state index contributed by atoms with van der Waals surface area (Å²) in [5.41, 5.74) is 0. The van der Waals surface area contributed by atoms with Crippen molar-refractivity contribution in [2.24, 2.45) is 5.92 Å². The van der Waals surface area contributed by atoms with E-state index in [0.29, 0.717) is 18.7 Å². The SMILES string of the molecule is CC(C)NC(CCO)C1CC1. The molecule has 0 bridgehead atoms. The molecule has 1 saturated carbocycles. The van der Waals surface area contributed by atoms with E-state index >= 15 is 0 Å². The minimum atomic E-state index is 0.320. The fourth-order valence-corrected chi connectivity index (χ4v) is 1.52. The number of aliphatic hydroxyl groups is 1. The van der Waals surface area contributed by atoms with Crippen molar-refractivity contribution in [2.45, 2.75) is 45.2 Å². The molecule has 2 nitrogen and oxygen atoms in total. The molecule has 2 N–H and O–H groups in total. The first kappa shape index (κ1) is 9.01. The number of hydrogen-bond acceptors (Lipinski definition) is 2. The molecule has 0 spiro atoms. The molecule has 1 aliphatic rings. The maximum atomic E-state index is 8.79. The summed E-state index contributed by atoms with van der Waals surface area (Å²) >= 11 is 0. The molecule has 0 aromatic heterocycles. The molecule has 1 atom stereocenters. The summed E-state index contributed by atoms with van der Waals surface area (Å²) in [4.78, 5) is 0. The normalized spacial score (nSPS) is 20.7. The van der Waals surface area contributed by atoms with Crippen LogP contribution in [-0.4, -0.2) is 23.8 Å². The summed E-state index contributed by atoms with van der Waals surface area (Å²) in [6, 6.07) is 1.12. The second-order valence-corrected chi connectivity index (χ2v) is 3.78. The van der Waals surface area contributed by atoms with Gasteiger partial charge < -0.3 is 10.4 Å². The Morgan fingerprint density at radius 1 is 1.45 bits per heavy atom. The molecule has 0 saturated heterocycles. The van der Waals surface area contributed by atoms with Gasteiger partial charge in [0.1, 0.15) is 0 Å². The van der Waals surface area contributed by atoms with Crippen LogP contribution in [0, 0.1) is 5.92 Å². The minimum absolute atomic E-state index is 0.320. The van der Waals surface area contributed by atoms with Crippen LogP contribution in [0.1, 0.15) is 33.1 Å². The largest absolute Gasteiger partial charge is 0.396 e. The molecule has 66 valence electrons. The zero-order valence-electron chi connectivity index (χ0n) is 7.51. The van der Waals surface area contributed by atoms with E-state index in [4.69, 9.17) is 5.11 Å². The van der Waals surface area contributed by atoms with Gasteiger partial charge in [0.25, 0.3) is 0 Å². The van der Waals surface area contributed by atoms with Crippen molar-refractivity contribution in [1.82, 2.24) is 5.32 Å². The third-order valence-electron chi connectivity index (χ3n) is 2.18. The van der Waals surface area contributed by atoms with Crippen LogP contribution >= 0.6 is 0 Å². The maximum absolute atomic E-state index is 8.79. The first-order valence-corrected chi connectivity index (χ1v) is 4.61. The van der Waals surface area contributed by atoms with E-state index in [1.54, 1.807) is 0 Å². The van der Waals surface area contributed by atoms with Crippen molar-refractivity contribution in [2.75, 3.05) is 6.61 Å². The molecule has 0 radical (unpaired) electrons. The molecule has 1 aliphatic carbocycles. The molecule has 0 aliphatic heterocycles. The minimum Gasteiger partial charge on any atom is -0.396 e. The second-order valence-electron chi connectivity index (χ2n) is 3.78. The number of hydrogen-bond donors (Lipinski definition) is 2. The van der Waals surface area contributed by atoms with Crippen molar-refractivity contribution < 1.29 is 5.11 Å². The van der Waals surface area contributed by atoms with Crippen molar-refractivity contribution in [3.05, 3.63) is 0 Å². The summed E-state index contributed by atoms with van der Waals surface area (Å²) in [7, 11) is 0. The number of aliphatic hydroxyl groups excluding tert-OH is 1. The monoisotopic (exact) mass is 157 g/mol. The van der Waals surface area contributed by atoms with Crippen LogP contribution in [0.25, 0.3) is 0 Å². The summed E-state index contributed by atoms with van der Waals surface area (Å²) < 4.78 is 0. The van der Waals surface area contributed by atoms with Gasteiger partial charge in [-0.15, -0.1) is 0 Å². The van der Waals surface area contributed by atoms with Crippen molar-refractivity contribution in [3.8, 4) is 0 Å². The highest BCUT2D eigenvalue weighted by atomic mass is 16.3. The average Bonchev–Trinajstić information content (AvgIpc) is 2.66. The Morgan fingerprint density at radius 2 is 2.09 bits per heavy atom. The topological polar surface area (TPSA) is 32.3 Å². The molecule has 0 aromatic rings. The van der Waals surface area contributed by atoms with Gasteiger partial charge >= 0.3 is 0 Å². The fourth-order valence-electron chi connectivity index (χ4n) is 1.52. The quantitative estimate of drug-likeness (QED) is 0.627. The van der Waals surface area contributed by atoms with E-state index in [-0.39, 0.29) is 0 Å². The molecule has 11 heavy (non-hydrogen) atoms.